The maximum absolute atomic E-state index is 6.48. The topological polar surface area (TPSA) is 20.8 Å². The molecule has 0 radical (unpaired) electrons. The number of pyridine rings is 1. The maximum atomic E-state index is 6.48. The molecule has 0 saturated carbocycles. The van der Waals surface area contributed by atoms with E-state index in [4.69, 9.17) is 4.42 Å². The number of nitrogens with zero attached hydrogens (tertiary/aromatic N) is 2. The molecule has 8 aromatic carbocycles. The Morgan fingerprint density at radius 3 is 1.51 bits per heavy atom. The van der Waals surface area contributed by atoms with Gasteiger partial charge in [-0.25, -0.2) is 0 Å². The molecule has 0 aliphatic rings. The van der Waals surface area contributed by atoms with Crippen molar-refractivity contribution >= 4 is 66.3 Å². The molecule has 0 N–H and O–H groups in total. The summed E-state index contributed by atoms with van der Waals surface area (Å²) in [4.78, 5) is 2.39. The summed E-state index contributed by atoms with van der Waals surface area (Å²) in [5.74, 6) is 0. The fraction of sp³-hybridized carbons (Fsp3) is 0. The van der Waals surface area contributed by atoms with E-state index >= 15 is 0 Å². The Balaban J connectivity index is 1.14. The van der Waals surface area contributed by atoms with Gasteiger partial charge in [-0.1, -0.05) is 152 Å². The highest BCUT2D eigenvalue weighted by atomic mass is 16.3. The van der Waals surface area contributed by atoms with Crippen molar-refractivity contribution in [3.8, 4) is 33.4 Å². The van der Waals surface area contributed by atoms with Gasteiger partial charge in [-0.05, 0) is 76.3 Å². The van der Waals surface area contributed by atoms with Crippen molar-refractivity contribution < 1.29 is 4.42 Å². The van der Waals surface area contributed by atoms with E-state index in [-0.39, 0.29) is 0 Å². The van der Waals surface area contributed by atoms with Crippen molar-refractivity contribution in [2.45, 2.75) is 0 Å². The van der Waals surface area contributed by atoms with Gasteiger partial charge in [0.1, 0.15) is 11.2 Å². The number of furan rings is 1. The van der Waals surface area contributed by atoms with E-state index < -0.39 is 0 Å². The minimum absolute atomic E-state index is 0.864. The first-order chi connectivity index (χ1) is 27.3. The summed E-state index contributed by atoms with van der Waals surface area (Å²) in [6.45, 7) is 0. The normalized spacial score (nSPS) is 11.6. The zero-order chi connectivity index (χ0) is 36.3. The summed E-state index contributed by atoms with van der Waals surface area (Å²) in [5.41, 5.74) is 15.6. The molecular formula is C52H34N2O. The molecule has 0 atom stereocenters. The minimum Gasteiger partial charge on any atom is -0.456 e. The molecule has 0 unspecified atom stereocenters. The molecule has 11 rings (SSSR count). The average molecular weight is 703 g/mol. The number of hydrogen-bond donors (Lipinski definition) is 0. The van der Waals surface area contributed by atoms with E-state index in [2.05, 4.69) is 203 Å². The molecule has 0 saturated heterocycles. The molecule has 258 valence electrons. The number of para-hydroxylation sites is 3. The number of anilines is 3. The first-order valence-corrected chi connectivity index (χ1v) is 18.8. The van der Waals surface area contributed by atoms with Crippen molar-refractivity contribution in [1.82, 2.24) is 4.40 Å². The zero-order valence-electron chi connectivity index (χ0n) is 29.9. The van der Waals surface area contributed by atoms with Crippen molar-refractivity contribution in [2.24, 2.45) is 0 Å². The second kappa shape index (κ2) is 12.6. The van der Waals surface area contributed by atoms with Crippen LogP contribution < -0.4 is 4.90 Å². The number of hydrogen-bond acceptors (Lipinski definition) is 2. The third kappa shape index (κ3) is 5.13. The molecule has 3 aromatic heterocycles. The lowest BCUT2D eigenvalue weighted by Gasteiger charge is -2.28. The van der Waals surface area contributed by atoms with Gasteiger partial charge in [-0.15, -0.1) is 0 Å². The second-order valence-electron chi connectivity index (χ2n) is 14.1. The number of rotatable bonds is 6. The smallest absolute Gasteiger partial charge is 0.137 e. The Kier molecular flexibility index (Phi) is 7.17. The molecule has 3 nitrogen and oxygen atoms in total. The Bertz CT molecular complexity index is 3180. The average Bonchev–Trinajstić information content (AvgIpc) is 3.80. The lowest BCUT2D eigenvalue weighted by atomic mass is 10.00. The Morgan fingerprint density at radius 2 is 0.818 bits per heavy atom. The molecule has 0 amide bonds. The van der Waals surface area contributed by atoms with Crippen LogP contribution >= 0.6 is 0 Å². The SMILES string of the molecule is c1ccc(-c2ccc(-c3ccc(N(c4ccc5c(c4)oc4ccccc45)c4cc5c(-c6ccccc6)c6ccccc6n5c5ccccc45)cc3)cc2)cc1. The first kappa shape index (κ1) is 31.2. The molecule has 0 bridgehead atoms. The lowest BCUT2D eigenvalue weighted by Crippen LogP contribution is -2.11. The van der Waals surface area contributed by atoms with Crippen LogP contribution in [0.4, 0.5) is 17.1 Å². The fourth-order valence-electron chi connectivity index (χ4n) is 8.41. The van der Waals surface area contributed by atoms with Crippen molar-refractivity contribution in [3.05, 3.63) is 206 Å². The van der Waals surface area contributed by atoms with Gasteiger partial charge in [0.05, 0.1) is 22.2 Å². The van der Waals surface area contributed by atoms with Crippen LogP contribution in [-0.4, -0.2) is 4.40 Å². The van der Waals surface area contributed by atoms with Crippen LogP contribution in [-0.2, 0) is 0 Å². The third-order valence-electron chi connectivity index (χ3n) is 11.0. The number of benzene rings is 8. The highest BCUT2D eigenvalue weighted by Gasteiger charge is 2.23. The summed E-state index contributed by atoms with van der Waals surface area (Å²) in [7, 11) is 0. The molecule has 0 fully saturated rings. The van der Waals surface area contributed by atoms with Crippen LogP contribution in [0, 0.1) is 0 Å². The van der Waals surface area contributed by atoms with Gasteiger partial charge in [0.2, 0.25) is 0 Å². The summed E-state index contributed by atoms with van der Waals surface area (Å²) in [6.07, 6.45) is 0. The summed E-state index contributed by atoms with van der Waals surface area (Å²) in [6, 6.07) is 73.9. The molecule has 11 aromatic rings. The van der Waals surface area contributed by atoms with Crippen LogP contribution in [0.5, 0.6) is 0 Å². The first-order valence-electron chi connectivity index (χ1n) is 18.8. The van der Waals surface area contributed by atoms with Crippen molar-refractivity contribution in [1.29, 1.82) is 0 Å². The summed E-state index contributed by atoms with van der Waals surface area (Å²) in [5, 5.41) is 4.62. The van der Waals surface area contributed by atoms with Gasteiger partial charge in [0.25, 0.3) is 0 Å². The van der Waals surface area contributed by atoms with Gasteiger partial charge in [0, 0.05) is 44.5 Å². The number of fused-ring (bicyclic) bond motifs is 8. The second-order valence-corrected chi connectivity index (χ2v) is 14.1. The molecular weight excluding hydrogens is 669 g/mol. The predicted octanol–water partition coefficient (Wildman–Crippen LogP) is 14.6. The van der Waals surface area contributed by atoms with Crippen LogP contribution in [0.3, 0.4) is 0 Å². The minimum atomic E-state index is 0.864. The lowest BCUT2D eigenvalue weighted by molar-refractivity contribution is 0.669. The predicted molar refractivity (Wildman–Crippen MR) is 231 cm³/mol. The maximum Gasteiger partial charge on any atom is 0.137 e. The standard InChI is InChI=1S/C52H34N2O/c1-3-13-35(14-4-1)36-23-25-37(26-24-36)38-27-29-40(30-28-38)53(41-31-32-43-42-17-9-12-22-50(42)55-51(43)33-41)48-34-49-52(39-15-5-2-6-16-39)45-19-8-11-21-47(45)54(49)46-20-10-7-18-44(46)48/h1-34H. The molecule has 3 heterocycles. The highest BCUT2D eigenvalue weighted by molar-refractivity contribution is 6.12. The zero-order valence-corrected chi connectivity index (χ0v) is 29.9. The van der Waals surface area contributed by atoms with Gasteiger partial charge in [-0.3, -0.25) is 0 Å². The summed E-state index contributed by atoms with van der Waals surface area (Å²) >= 11 is 0. The largest absolute Gasteiger partial charge is 0.456 e. The van der Waals surface area contributed by atoms with E-state index in [1.54, 1.807) is 0 Å². The van der Waals surface area contributed by atoms with Crippen molar-refractivity contribution in [2.75, 3.05) is 4.90 Å². The molecule has 55 heavy (non-hydrogen) atoms. The Hall–Kier alpha value is -7.36. The van der Waals surface area contributed by atoms with Gasteiger partial charge < -0.3 is 13.7 Å². The van der Waals surface area contributed by atoms with Crippen LogP contribution in [0.15, 0.2) is 211 Å². The fourth-order valence-corrected chi connectivity index (χ4v) is 8.41. The van der Waals surface area contributed by atoms with E-state index in [0.29, 0.717) is 0 Å². The summed E-state index contributed by atoms with van der Waals surface area (Å²) < 4.78 is 8.91. The number of aromatic nitrogens is 1. The molecule has 0 aliphatic heterocycles. The van der Waals surface area contributed by atoms with Gasteiger partial charge in [-0.2, -0.15) is 0 Å². The van der Waals surface area contributed by atoms with E-state index in [1.165, 1.54) is 44.3 Å². The Labute approximate surface area is 318 Å². The molecule has 0 spiro atoms. The molecule has 3 heteroatoms. The van der Waals surface area contributed by atoms with Crippen LogP contribution in [0.1, 0.15) is 0 Å². The van der Waals surface area contributed by atoms with Crippen molar-refractivity contribution in [3.63, 3.8) is 0 Å². The highest BCUT2D eigenvalue weighted by Crippen LogP contribution is 2.46. The van der Waals surface area contributed by atoms with E-state index in [0.717, 1.165) is 55.4 Å². The van der Waals surface area contributed by atoms with E-state index in [1.807, 2.05) is 12.1 Å². The van der Waals surface area contributed by atoms with Crippen LogP contribution in [0.2, 0.25) is 0 Å². The monoisotopic (exact) mass is 702 g/mol. The van der Waals surface area contributed by atoms with Gasteiger partial charge in [0.15, 0.2) is 0 Å². The quantitative estimate of drug-likeness (QED) is 0.172. The Morgan fingerprint density at radius 1 is 0.327 bits per heavy atom. The third-order valence-corrected chi connectivity index (χ3v) is 11.0. The van der Waals surface area contributed by atoms with E-state index in [9.17, 15) is 0 Å². The molecule has 0 aliphatic carbocycles. The van der Waals surface area contributed by atoms with Crippen LogP contribution in [0.25, 0.3) is 82.6 Å². The van der Waals surface area contributed by atoms with Gasteiger partial charge >= 0.3 is 0 Å².